The summed E-state index contributed by atoms with van der Waals surface area (Å²) in [6.07, 6.45) is 4.29. The van der Waals surface area contributed by atoms with Gasteiger partial charge in [0.05, 0.1) is 18.0 Å². The van der Waals surface area contributed by atoms with Crippen LogP contribution in [0.25, 0.3) is 0 Å². The maximum Gasteiger partial charge on any atom is 0.167 e. The average Bonchev–Trinajstić information content (AvgIpc) is 2.86. The van der Waals surface area contributed by atoms with Gasteiger partial charge in [-0.2, -0.15) is 0 Å². The Morgan fingerprint density at radius 3 is 2.89 bits per heavy atom. The SMILES string of the molecule is CCCOc1cc(N2CCCC2CC)c(N)cc1F. The topological polar surface area (TPSA) is 38.5 Å². The van der Waals surface area contributed by atoms with Crippen LogP contribution in [0.4, 0.5) is 15.8 Å². The third-order valence-corrected chi connectivity index (χ3v) is 3.70. The second-order valence-corrected chi connectivity index (χ2v) is 5.09. The molecule has 0 aliphatic carbocycles. The van der Waals surface area contributed by atoms with Crippen LogP contribution in [0.1, 0.15) is 39.5 Å². The van der Waals surface area contributed by atoms with E-state index in [0.717, 1.165) is 25.1 Å². The molecular formula is C15H23FN2O. The number of nitrogens with zero attached hydrogens (tertiary/aromatic N) is 1. The molecule has 1 aliphatic rings. The summed E-state index contributed by atoms with van der Waals surface area (Å²) in [5, 5.41) is 0. The number of anilines is 2. The predicted octanol–water partition coefficient (Wildman–Crippen LogP) is 3.58. The van der Waals surface area contributed by atoms with Crippen LogP contribution in [0, 0.1) is 5.82 Å². The lowest BCUT2D eigenvalue weighted by Gasteiger charge is -2.27. The van der Waals surface area contributed by atoms with Gasteiger partial charge in [0.2, 0.25) is 0 Å². The molecule has 1 fully saturated rings. The smallest absolute Gasteiger partial charge is 0.167 e. The van der Waals surface area contributed by atoms with E-state index < -0.39 is 0 Å². The van der Waals surface area contributed by atoms with Crippen LogP contribution in [-0.2, 0) is 0 Å². The summed E-state index contributed by atoms with van der Waals surface area (Å²) in [4.78, 5) is 2.29. The van der Waals surface area contributed by atoms with Crippen LogP contribution >= 0.6 is 0 Å². The van der Waals surface area contributed by atoms with E-state index in [-0.39, 0.29) is 5.82 Å². The molecule has 19 heavy (non-hydrogen) atoms. The van der Waals surface area contributed by atoms with Crippen molar-refractivity contribution < 1.29 is 9.13 Å². The molecule has 1 heterocycles. The van der Waals surface area contributed by atoms with Gasteiger partial charge >= 0.3 is 0 Å². The minimum absolute atomic E-state index is 0.313. The van der Waals surface area contributed by atoms with Gasteiger partial charge in [0.1, 0.15) is 0 Å². The quantitative estimate of drug-likeness (QED) is 0.828. The summed E-state index contributed by atoms with van der Waals surface area (Å²) in [5.41, 5.74) is 7.39. The number of benzene rings is 1. The molecular weight excluding hydrogens is 243 g/mol. The summed E-state index contributed by atoms with van der Waals surface area (Å²) in [7, 11) is 0. The van der Waals surface area contributed by atoms with Gasteiger partial charge in [0, 0.05) is 24.7 Å². The Kier molecular flexibility index (Phi) is 4.51. The number of nitrogens with two attached hydrogens (primary N) is 1. The predicted molar refractivity (Wildman–Crippen MR) is 77.3 cm³/mol. The first-order valence-electron chi connectivity index (χ1n) is 7.15. The Bertz CT molecular complexity index is 436. The summed E-state index contributed by atoms with van der Waals surface area (Å²) >= 11 is 0. The van der Waals surface area contributed by atoms with Crippen molar-refractivity contribution in [2.24, 2.45) is 0 Å². The number of hydrogen-bond acceptors (Lipinski definition) is 3. The second kappa shape index (κ2) is 6.13. The first-order chi connectivity index (χ1) is 9.17. The molecule has 3 nitrogen and oxygen atoms in total. The lowest BCUT2D eigenvalue weighted by molar-refractivity contribution is 0.301. The van der Waals surface area contributed by atoms with Gasteiger partial charge in [-0.15, -0.1) is 0 Å². The lowest BCUT2D eigenvalue weighted by atomic mass is 10.1. The molecule has 0 saturated carbocycles. The van der Waals surface area contributed by atoms with Gasteiger partial charge in [0.25, 0.3) is 0 Å². The van der Waals surface area contributed by atoms with Crippen molar-refractivity contribution in [3.05, 3.63) is 17.9 Å². The number of hydrogen-bond donors (Lipinski definition) is 1. The van der Waals surface area contributed by atoms with E-state index in [9.17, 15) is 4.39 Å². The summed E-state index contributed by atoms with van der Waals surface area (Å²) < 4.78 is 19.2. The van der Waals surface area contributed by atoms with Crippen molar-refractivity contribution in [3.8, 4) is 5.75 Å². The zero-order chi connectivity index (χ0) is 13.8. The molecule has 1 saturated heterocycles. The number of halogens is 1. The van der Waals surface area contributed by atoms with Crippen LogP contribution in [0.15, 0.2) is 12.1 Å². The van der Waals surface area contributed by atoms with E-state index in [4.69, 9.17) is 10.5 Å². The Hall–Kier alpha value is -1.45. The minimum Gasteiger partial charge on any atom is -0.490 e. The third kappa shape index (κ3) is 2.94. The van der Waals surface area contributed by atoms with Crippen molar-refractivity contribution in [3.63, 3.8) is 0 Å². The molecule has 2 rings (SSSR count). The van der Waals surface area contributed by atoms with Crippen LogP contribution in [0.3, 0.4) is 0 Å². The van der Waals surface area contributed by atoms with Crippen LogP contribution < -0.4 is 15.4 Å². The minimum atomic E-state index is -0.373. The fourth-order valence-electron chi connectivity index (χ4n) is 2.71. The Morgan fingerprint density at radius 2 is 2.21 bits per heavy atom. The highest BCUT2D eigenvalue weighted by atomic mass is 19.1. The molecule has 1 aliphatic heterocycles. The van der Waals surface area contributed by atoms with E-state index >= 15 is 0 Å². The largest absolute Gasteiger partial charge is 0.490 e. The summed E-state index contributed by atoms with van der Waals surface area (Å²) in [5.74, 6) is -0.0604. The maximum absolute atomic E-state index is 13.8. The molecule has 1 unspecified atom stereocenters. The number of nitrogen functional groups attached to an aromatic ring is 1. The van der Waals surface area contributed by atoms with Crippen molar-refractivity contribution in [1.82, 2.24) is 0 Å². The highest BCUT2D eigenvalue weighted by Crippen LogP contribution is 2.36. The van der Waals surface area contributed by atoms with Gasteiger partial charge < -0.3 is 15.4 Å². The summed E-state index contributed by atoms with van der Waals surface area (Å²) in [6.45, 7) is 5.69. The monoisotopic (exact) mass is 266 g/mol. The van der Waals surface area contributed by atoms with Gasteiger partial charge in [-0.05, 0) is 25.7 Å². The maximum atomic E-state index is 13.8. The Labute approximate surface area is 114 Å². The van der Waals surface area contributed by atoms with E-state index in [2.05, 4.69) is 11.8 Å². The molecule has 2 N–H and O–H groups in total. The zero-order valence-electron chi connectivity index (χ0n) is 11.8. The molecule has 0 amide bonds. The van der Waals surface area contributed by atoms with Crippen LogP contribution in [-0.4, -0.2) is 19.2 Å². The zero-order valence-corrected chi connectivity index (χ0v) is 11.8. The molecule has 0 aromatic heterocycles. The molecule has 0 spiro atoms. The van der Waals surface area contributed by atoms with Crippen molar-refractivity contribution in [1.29, 1.82) is 0 Å². The van der Waals surface area contributed by atoms with Crippen LogP contribution in [0.5, 0.6) is 5.75 Å². The van der Waals surface area contributed by atoms with E-state index in [1.165, 1.54) is 18.9 Å². The van der Waals surface area contributed by atoms with E-state index in [1.54, 1.807) is 6.07 Å². The fourth-order valence-corrected chi connectivity index (χ4v) is 2.71. The molecule has 4 heteroatoms. The first-order valence-corrected chi connectivity index (χ1v) is 7.15. The highest BCUT2D eigenvalue weighted by molar-refractivity contribution is 5.70. The standard InChI is InChI=1S/C15H23FN2O/c1-3-8-19-15-10-14(13(17)9-12(15)16)18-7-5-6-11(18)4-2/h9-11H,3-8,17H2,1-2H3. The van der Waals surface area contributed by atoms with Gasteiger partial charge in [0.15, 0.2) is 11.6 Å². The van der Waals surface area contributed by atoms with Crippen molar-refractivity contribution in [2.75, 3.05) is 23.8 Å². The molecule has 106 valence electrons. The van der Waals surface area contributed by atoms with Crippen molar-refractivity contribution >= 4 is 11.4 Å². The van der Waals surface area contributed by atoms with Gasteiger partial charge in [-0.3, -0.25) is 0 Å². The van der Waals surface area contributed by atoms with Gasteiger partial charge in [-0.25, -0.2) is 4.39 Å². The lowest BCUT2D eigenvalue weighted by Crippen LogP contribution is -2.29. The Morgan fingerprint density at radius 1 is 1.42 bits per heavy atom. The molecule has 1 aromatic rings. The number of ether oxygens (including phenoxy) is 1. The normalized spacial score (nSPS) is 18.9. The molecule has 1 atom stereocenters. The van der Waals surface area contributed by atoms with Crippen LogP contribution in [0.2, 0.25) is 0 Å². The average molecular weight is 266 g/mol. The third-order valence-electron chi connectivity index (χ3n) is 3.70. The summed E-state index contributed by atoms with van der Waals surface area (Å²) in [6, 6.07) is 3.64. The molecule has 1 aromatic carbocycles. The van der Waals surface area contributed by atoms with E-state index in [0.29, 0.717) is 24.1 Å². The molecule has 0 bridgehead atoms. The second-order valence-electron chi connectivity index (χ2n) is 5.09. The van der Waals surface area contributed by atoms with Gasteiger partial charge in [-0.1, -0.05) is 13.8 Å². The number of rotatable bonds is 5. The first kappa shape index (κ1) is 14.0. The molecule has 0 radical (unpaired) electrons. The van der Waals surface area contributed by atoms with Crippen molar-refractivity contribution in [2.45, 2.75) is 45.6 Å². The fraction of sp³-hybridized carbons (Fsp3) is 0.600. The van der Waals surface area contributed by atoms with E-state index in [1.807, 2.05) is 6.92 Å². The highest BCUT2D eigenvalue weighted by Gasteiger charge is 2.25. The Balaban J connectivity index is 2.28.